The molecule has 90 valence electrons. The molecule has 17 heavy (non-hydrogen) atoms. The van der Waals surface area contributed by atoms with Gasteiger partial charge in [0.25, 0.3) is 0 Å². The fourth-order valence-corrected chi connectivity index (χ4v) is 1.85. The summed E-state index contributed by atoms with van der Waals surface area (Å²) < 4.78 is 1.01. The van der Waals surface area contributed by atoms with Crippen molar-refractivity contribution in [1.29, 1.82) is 0 Å². The summed E-state index contributed by atoms with van der Waals surface area (Å²) in [6.45, 7) is 2.72. The Hall–Kier alpha value is -1.56. The first-order chi connectivity index (χ1) is 8.15. The molecule has 2 aromatic rings. The summed E-state index contributed by atoms with van der Waals surface area (Å²) in [6, 6.07) is 5.86. The van der Waals surface area contributed by atoms with Crippen LogP contribution in [0.3, 0.4) is 0 Å². The zero-order valence-corrected chi connectivity index (χ0v) is 11.0. The lowest BCUT2D eigenvalue weighted by atomic mass is 10.3. The van der Waals surface area contributed by atoms with E-state index in [2.05, 4.69) is 36.5 Å². The van der Waals surface area contributed by atoms with E-state index in [1.54, 1.807) is 0 Å². The molecule has 6 heteroatoms. The third-order valence-electron chi connectivity index (χ3n) is 2.24. The van der Waals surface area contributed by atoms with Gasteiger partial charge in [-0.2, -0.15) is 0 Å². The second-order valence-electron chi connectivity index (χ2n) is 3.66. The second-order valence-corrected chi connectivity index (χ2v) is 4.57. The number of halogens is 1. The molecule has 0 atom stereocenters. The van der Waals surface area contributed by atoms with Crippen LogP contribution in [0, 0.1) is 0 Å². The Morgan fingerprint density at radius 2 is 2.29 bits per heavy atom. The van der Waals surface area contributed by atoms with E-state index in [9.17, 15) is 4.79 Å². The highest BCUT2D eigenvalue weighted by Gasteiger charge is 2.02. The summed E-state index contributed by atoms with van der Waals surface area (Å²) >= 11 is 3.41. The molecule has 0 unspecified atom stereocenters. The zero-order valence-electron chi connectivity index (χ0n) is 9.38. The summed E-state index contributed by atoms with van der Waals surface area (Å²) in [7, 11) is 0. The monoisotopic (exact) mass is 296 g/mol. The minimum atomic E-state index is -0.0275. The maximum atomic E-state index is 10.7. The van der Waals surface area contributed by atoms with E-state index in [0.717, 1.165) is 15.5 Å². The van der Waals surface area contributed by atoms with Crippen LogP contribution in [0.2, 0.25) is 0 Å². The Morgan fingerprint density at radius 1 is 1.47 bits per heavy atom. The van der Waals surface area contributed by atoms with E-state index in [1.807, 2.05) is 18.2 Å². The fraction of sp³-hybridized carbons (Fsp3) is 0.273. The first kappa shape index (κ1) is 11.9. The van der Waals surface area contributed by atoms with Gasteiger partial charge in [0.15, 0.2) is 0 Å². The average molecular weight is 297 g/mol. The molecule has 0 radical (unpaired) electrons. The third-order valence-corrected chi connectivity index (χ3v) is 2.73. The smallest absolute Gasteiger partial charge is 0.216 e. The highest BCUT2D eigenvalue weighted by Crippen LogP contribution is 2.19. The molecule has 1 aromatic carbocycles. The fourth-order valence-electron chi connectivity index (χ4n) is 1.48. The molecule has 0 aliphatic rings. The van der Waals surface area contributed by atoms with Gasteiger partial charge < -0.3 is 15.6 Å². The van der Waals surface area contributed by atoms with Crippen molar-refractivity contribution in [1.82, 2.24) is 15.3 Å². The molecular formula is C11H13BrN4O. The van der Waals surface area contributed by atoms with Gasteiger partial charge in [0.1, 0.15) is 0 Å². The van der Waals surface area contributed by atoms with E-state index in [0.29, 0.717) is 19.0 Å². The van der Waals surface area contributed by atoms with Gasteiger partial charge in [0.2, 0.25) is 11.9 Å². The molecule has 0 saturated heterocycles. The molecule has 0 aliphatic heterocycles. The number of aromatic nitrogens is 2. The van der Waals surface area contributed by atoms with E-state index in [-0.39, 0.29) is 5.91 Å². The number of rotatable bonds is 4. The topological polar surface area (TPSA) is 69.8 Å². The predicted molar refractivity (Wildman–Crippen MR) is 71.0 cm³/mol. The summed E-state index contributed by atoms with van der Waals surface area (Å²) in [5.74, 6) is 0.684. The number of carbonyl (C=O) groups is 1. The van der Waals surface area contributed by atoms with Crippen LogP contribution in [0.1, 0.15) is 6.92 Å². The molecule has 5 nitrogen and oxygen atoms in total. The first-order valence-corrected chi connectivity index (χ1v) is 6.08. The average Bonchev–Trinajstić information content (AvgIpc) is 2.66. The number of imidazole rings is 1. The number of hydrogen-bond acceptors (Lipinski definition) is 3. The highest BCUT2D eigenvalue weighted by atomic mass is 79.9. The van der Waals surface area contributed by atoms with Gasteiger partial charge >= 0.3 is 0 Å². The van der Waals surface area contributed by atoms with Gasteiger partial charge in [-0.05, 0) is 18.2 Å². The van der Waals surface area contributed by atoms with Gasteiger partial charge in [-0.3, -0.25) is 4.79 Å². The van der Waals surface area contributed by atoms with Crippen molar-refractivity contribution in [3.63, 3.8) is 0 Å². The molecule has 0 aliphatic carbocycles. The normalized spacial score (nSPS) is 10.5. The molecule has 2 rings (SSSR count). The van der Waals surface area contributed by atoms with Crippen LogP contribution in [0.15, 0.2) is 22.7 Å². The third kappa shape index (κ3) is 3.20. The standard InChI is InChI=1S/C11H13BrN4O/c1-7(17)13-4-5-14-11-15-9-3-2-8(12)6-10(9)16-11/h2-3,6H,4-5H2,1H3,(H,13,17)(H2,14,15,16). The summed E-state index contributed by atoms with van der Waals surface area (Å²) in [4.78, 5) is 18.2. The van der Waals surface area contributed by atoms with Crippen LogP contribution in [0.4, 0.5) is 5.95 Å². The molecule has 0 saturated carbocycles. The summed E-state index contributed by atoms with van der Waals surface area (Å²) in [5.41, 5.74) is 1.89. The Kier molecular flexibility index (Phi) is 3.63. The molecule has 0 fully saturated rings. The van der Waals surface area contributed by atoms with Crippen LogP contribution >= 0.6 is 15.9 Å². The molecule has 0 bridgehead atoms. The van der Waals surface area contributed by atoms with Crippen molar-refractivity contribution >= 4 is 38.8 Å². The number of H-pyrrole nitrogens is 1. The minimum absolute atomic E-state index is 0.0275. The Bertz CT molecular complexity index is 537. The van der Waals surface area contributed by atoms with Crippen molar-refractivity contribution in [3.05, 3.63) is 22.7 Å². The molecule has 1 amide bonds. The van der Waals surface area contributed by atoms with Crippen molar-refractivity contribution in [2.75, 3.05) is 18.4 Å². The lowest BCUT2D eigenvalue weighted by Gasteiger charge is -2.02. The van der Waals surface area contributed by atoms with Crippen LogP contribution in [-0.4, -0.2) is 29.0 Å². The van der Waals surface area contributed by atoms with E-state index in [1.165, 1.54) is 6.92 Å². The van der Waals surface area contributed by atoms with Gasteiger partial charge in [0.05, 0.1) is 11.0 Å². The Balaban J connectivity index is 1.97. The van der Waals surface area contributed by atoms with E-state index >= 15 is 0 Å². The summed E-state index contributed by atoms with van der Waals surface area (Å²) in [6.07, 6.45) is 0. The Morgan fingerprint density at radius 3 is 3.06 bits per heavy atom. The quantitative estimate of drug-likeness (QED) is 0.755. The van der Waals surface area contributed by atoms with Crippen LogP contribution in [0.5, 0.6) is 0 Å². The summed E-state index contributed by atoms with van der Waals surface area (Å²) in [5, 5.41) is 5.82. The van der Waals surface area contributed by atoms with Crippen molar-refractivity contribution in [2.45, 2.75) is 6.92 Å². The lowest BCUT2D eigenvalue weighted by molar-refractivity contribution is -0.118. The molecule has 0 spiro atoms. The van der Waals surface area contributed by atoms with Crippen molar-refractivity contribution in [2.24, 2.45) is 0 Å². The number of amides is 1. The number of benzene rings is 1. The Labute approximate surface area is 107 Å². The van der Waals surface area contributed by atoms with Crippen LogP contribution < -0.4 is 10.6 Å². The number of anilines is 1. The minimum Gasteiger partial charge on any atom is -0.355 e. The van der Waals surface area contributed by atoms with Gasteiger partial charge in [-0.1, -0.05) is 15.9 Å². The molecule has 3 N–H and O–H groups in total. The SMILES string of the molecule is CC(=O)NCCNc1nc2ccc(Br)cc2[nH]1. The van der Waals surface area contributed by atoms with Crippen LogP contribution in [-0.2, 0) is 4.79 Å². The van der Waals surface area contributed by atoms with Crippen molar-refractivity contribution < 1.29 is 4.79 Å². The molecule has 1 heterocycles. The first-order valence-electron chi connectivity index (χ1n) is 5.29. The number of hydrogen-bond donors (Lipinski definition) is 3. The number of nitrogens with one attached hydrogen (secondary N) is 3. The predicted octanol–water partition coefficient (Wildman–Crippen LogP) is 1.87. The van der Waals surface area contributed by atoms with Crippen LogP contribution in [0.25, 0.3) is 11.0 Å². The van der Waals surface area contributed by atoms with E-state index in [4.69, 9.17) is 0 Å². The van der Waals surface area contributed by atoms with Gasteiger partial charge in [0, 0.05) is 24.5 Å². The largest absolute Gasteiger partial charge is 0.355 e. The highest BCUT2D eigenvalue weighted by molar-refractivity contribution is 9.10. The maximum Gasteiger partial charge on any atom is 0.216 e. The van der Waals surface area contributed by atoms with Gasteiger partial charge in [-0.25, -0.2) is 4.98 Å². The lowest BCUT2D eigenvalue weighted by Crippen LogP contribution is -2.26. The van der Waals surface area contributed by atoms with E-state index < -0.39 is 0 Å². The van der Waals surface area contributed by atoms with Crippen molar-refractivity contribution in [3.8, 4) is 0 Å². The maximum absolute atomic E-state index is 10.7. The number of aromatic amines is 1. The number of carbonyl (C=O) groups excluding carboxylic acids is 1. The number of fused-ring (bicyclic) bond motifs is 1. The molecule has 1 aromatic heterocycles. The van der Waals surface area contributed by atoms with Gasteiger partial charge in [-0.15, -0.1) is 0 Å². The number of nitrogens with zero attached hydrogens (tertiary/aromatic N) is 1. The molecular weight excluding hydrogens is 284 g/mol. The zero-order chi connectivity index (χ0) is 12.3. The second kappa shape index (κ2) is 5.18.